The summed E-state index contributed by atoms with van der Waals surface area (Å²) in [5.41, 5.74) is -2.81. The van der Waals surface area contributed by atoms with E-state index in [1.54, 1.807) is 19.0 Å². The number of aliphatic hydroxyl groups is 2. The van der Waals surface area contributed by atoms with Gasteiger partial charge in [0.1, 0.15) is 22.9 Å². The number of unbranched alkanes of at least 4 members (excludes halogenated alkanes) is 1. The van der Waals surface area contributed by atoms with E-state index < -0.39 is 52.4 Å². The van der Waals surface area contributed by atoms with Gasteiger partial charge in [-0.1, -0.05) is 13.3 Å². The van der Waals surface area contributed by atoms with Crippen LogP contribution in [-0.4, -0.2) is 63.2 Å². The van der Waals surface area contributed by atoms with Gasteiger partial charge in [0.2, 0.25) is 5.78 Å². The molecular weight excluding hydrogens is 551 g/mol. The molecule has 0 saturated heterocycles. The van der Waals surface area contributed by atoms with Gasteiger partial charge in [-0.15, -0.1) is 0 Å². The van der Waals surface area contributed by atoms with Crippen molar-refractivity contribution in [3.05, 3.63) is 49.6 Å². The van der Waals surface area contributed by atoms with Gasteiger partial charge in [-0.05, 0) is 67.3 Å². The van der Waals surface area contributed by atoms with Crippen LogP contribution in [0.1, 0.15) is 69.8 Å². The average Bonchev–Trinajstić information content (AvgIpc) is 3.26. The normalized spacial score (nSPS) is 26.6. The number of phenols is 1. The minimum Gasteiger partial charge on any atom is -0.508 e. The van der Waals surface area contributed by atoms with Gasteiger partial charge >= 0.3 is 0 Å². The molecule has 1 aromatic heterocycles. The number of aromatic hydroxyl groups is 1. The van der Waals surface area contributed by atoms with Crippen molar-refractivity contribution in [3.8, 4) is 11.6 Å². The first-order valence-electron chi connectivity index (χ1n) is 12.2. The first kappa shape index (κ1) is 25.9. The summed E-state index contributed by atoms with van der Waals surface area (Å²) in [4.78, 5) is 29.2. The summed E-state index contributed by atoms with van der Waals surface area (Å²) in [7, 11) is 3.47. The largest absolute Gasteiger partial charge is 0.508 e. The number of aromatic nitrogens is 1. The molecule has 9 nitrogen and oxygen atoms in total. The lowest BCUT2D eigenvalue weighted by Crippen LogP contribution is -2.59. The fraction of sp³-hybridized carbons (Fsp3) is 0.500. The topological polar surface area (TPSA) is 133 Å². The van der Waals surface area contributed by atoms with E-state index in [-0.39, 0.29) is 63.4 Å². The van der Waals surface area contributed by atoms with Gasteiger partial charge in [0.05, 0.1) is 22.7 Å². The summed E-state index contributed by atoms with van der Waals surface area (Å²) >= 11 is 3.13. The van der Waals surface area contributed by atoms with Crippen LogP contribution in [0, 0.1) is 24.6 Å². The van der Waals surface area contributed by atoms with Crippen LogP contribution in [0.3, 0.4) is 0 Å². The van der Waals surface area contributed by atoms with Crippen molar-refractivity contribution in [1.29, 1.82) is 0 Å². The zero-order chi connectivity index (χ0) is 27.0. The van der Waals surface area contributed by atoms with Gasteiger partial charge in [-0.3, -0.25) is 14.5 Å². The highest BCUT2D eigenvalue weighted by Gasteiger charge is 2.64. The average molecular weight is 579 g/mol. The molecule has 3 aliphatic carbocycles. The highest BCUT2D eigenvalue weighted by atomic mass is 79.9. The second kappa shape index (κ2) is 8.92. The van der Waals surface area contributed by atoms with Crippen molar-refractivity contribution in [3.63, 3.8) is 0 Å². The molecule has 0 amide bonds. The van der Waals surface area contributed by atoms with Crippen molar-refractivity contribution >= 4 is 27.5 Å². The first-order chi connectivity index (χ1) is 17.5. The number of Topliss-reactive ketones (excluding diaryl/α,β-unsaturated/α-hetero) is 2. The molecule has 0 aliphatic heterocycles. The maximum atomic E-state index is 15.2. The van der Waals surface area contributed by atoms with Crippen LogP contribution >= 0.6 is 15.9 Å². The summed E-state index contributed by atoms with van der Waals surface area (Å²) < 4.78 is 26.5. The fourth-order valence-electron chi connectivity index (χ4n) is 6.04. The Hall–Kier alpha value is -2.76. The van der Waals surface area contributed by atoms with Crippen molar-refractivity contribution in [2.75, 3.05) is 20.7 Å². The summed E-state index contributed by atoms with van der Waals surface area (Å²) in [5.74, 6) is -5.04. The molecule has 11 heteroatoms. The Kier molecular flexibility index (Phi) is 6.24. The van der Waals surface area contributed by atoms with Crippen LogP contribution in [0.25, 0.3) is 0 Å². The quantitative estimate of drug-likeness (QED) is 0.446. The molecular formula is C26H28BrFN2O7. The van der Waals surface area contributed by atoms with Crippen LogP contribution in [0.4, 0.5) is 4.39 Å². The lowest BCUT2D eigenvalue weighted by molar-refractivity contribution is -0.0559. The van der Waals surface area contributed by atoms with E-state index in [9.17, 15) is 24.9 Å². The molecule has 2 aromatic rings. The SMILES string of the molecule is CCCCOc1noc2c1C(=O)[C@@]1(O)C(O)=C3C(=O)c4c(O)c(Br)c(C)c(F)c4C[C@H]3C[C@H]1[C@@H]2N(C)C. The molecule has 0 spiro atoms. The molecule has 37 heavy (non-hydrogen) atoms. The number of hydrogen-bond acceptors (Lipinski definition) is 9. The Morgan fingerprint density at radius 1 is 1.27 bits per heavy atom. The van der Waals surface area contributed by atoms with Gasteiger partial charge in [0.25, 0.3) is 5.88 Å². The number of phenolic OH excluding ortho intramolecular Hbond substituents is 1. The Morgan fingerprint density at radius 3 is 2.62 bits per heavy atom. The number of carbonyl (C=O) groups is 2. The molecule has 1 heterocycles. The van der Waals surface area contributed by atoms with E-state index >= 15 is 4.39 Å². The predicted octanol–water partition coefficient (Wildman–Crippen LogP) is 4.19. The Balaban J connectivity index is 1.69. The third kappa shape index (κ3) is 3.43. The molecule has 4 atom stereocenters. The molecule has 198 valence electrons. The third-order valence-corrected chi connectivity index (χ3v) is 8.87. The van der Waals surface area contributed by atoms with Gasteiger partial charge in [-0.25, -0.2) is 4.39 Å². The zero-order valence-electron chi connectivity index (χ0n) is 20.9. The molecule has 3 aliphatic rings. The molecule has 5 rings (SSSR count). The molecule has 0 saturated carbocycles. The number of nitrogens with zero attached hydrogens (tertiary/aromatic N) is 2. The fourth-order valence-corrected chi connectivity index (χ4v) is 6.41. The third-order valence-electron chi connectivity index (χ3n) is 7.89. The van der Waals surface area contributed by atoms with E-state index in [2.05, 4.69) is 21.1 Å². The maximum Gasteiger partial charge on any atom is 0.265 e. The number of ether oxygens (including phenoxy) is 1. The molecule has 3 N–H and O–H groups in total. The Bertz CT molecular complexity index is 1370. The van der Waals surface area contributed by atoms with Crippen molar-refractivity contribution < 1.29 is 38.6 Å². The van der Waals surface area contributed by atoms with E-state index in [4.69, 9.17) is 9.26 Å². The second-order valence-corrected chi connectivity index (χ2v) is 11.0. The van der Waals surface area contributed by atoms with E-state index in [0.29, 0.717) is 6.42 Å². The molecule has 0 bridgehead atoms. The van der Waals surface area contributed by atoms with Gasteiger partial charge in [0.15, 0.2) is 17.1 Å². The van der Waals surface area contributed by atoms with Gasteiger partial charge in [0, 0.05) is 22.6 Å². The number of hydrogen-bond donors (Lipinski definition) is 3. The Labute approximate surface area is 221 Å². The highest BCUT2D eigenvalue weighted by molar-refractivity contribution is 9.10. The Morgan fingerprint density at radius 2 is 1.97 bits per heavy atom. The van der Waals surface area contributed by atoms with E-state index in [1.165, 1.54) is 6.92 Å². The smallest absolute Gasteiger partial charge is 0.265 e. The number of allylic oxidation sites excluding steroid dienone is 1. The van der Waals surface area contributed by atoms with Gasteiger partial charge in [-0.2, -0.15) is 0 Å². The summed E-state index contributed by atoms with van der Waals surface area (Å²) in [5, 5.41) is 38.0. The first-order valence-corrected chi connectivity index (χ1v) is 13.0. The van der Waals surface area contributed by atoms with Crippen LogP contribution in [-0.2, 0) is 6.42 Å². The zero-order valence-corrected chi connectivity index (χ0v) is 22.5. The van der Waals surface area contributed by atoms with Crippen molar-refractivity contribution in [2.45, 2.75) is 51.2 Å². The van der Waals surface area contributed by atoms with Gasteiger partial charge < -0.3 is 24.6 Å². The summed E-state index contributed by atoms with van der Waals surface area (Å²) in [6.07, 6.45) is 1.64. The number of ketones is 2. The number of aliphatic hydroxyl groups excluding tert-OH is 1. The number of carbonyl (C=O) groups excluding carboxylic acids is 2. The molecule has 1 aromatic carbocycles. The van der Waals surface area contributed by atoms with Crippen molar-refractivity contribution in [2.24, 2.45) is 11.8 Å². The van der Waals surface area contributed by atoms with Crippen molar-refractivity contribution in [1.82, 2.24) is 10.1 Å². The summed E-state index contributed by atoms with van der Waals surface area (Å²) in [6, 6.07) is -0.696. The lowest BCUT2D eigenvalue weighted by Gasteiger charge is -2.49. The number of halogens is 2. The monoisotopic (exact) mass is 578 g/mol. The number of fused-ring (bicyclic) bond motifs is 4. The van der Waals surface area contributed by atoms with Crippen LogP contribution in [0.15, 0.2) is 20.3 Å². The highest BCUT2D eigenvalue weighted by Crippen LogP contribution is 2.57. The maximum absolute atomic E-state index is 15.2. The lowest BCUT2D eigenvalue weighted by atomic mass is 9.58. The van der Waals surface area contributed by atoms with E-state index in [0.717, 1.165) is 6.42 Å². The van der Waals surface area contributed by atoms with Crippen LogP contribution in [0.2, 0.25) is 0 Å². The standard InChI is InChI=1S/C26H28BrFN2O7/c1-5-6-7-36-25-16-22(37-29-25)19(30(3)4)13-9-11-8-12-15(21(32)17(27)10(2)18(12)28)20(31)14(11)23(33)26(13,35)24(16)34/h11,13,19,32-33,35H,5-9H2,1-4H3/t11-,13-,19-,26-/m0/s1. The van der Waals surface area contributed by atoms with E-state index in [1.807, 2.05) is 6.92 Å². The van der Waals surface area contributed by atoms with Crippen LogP contribution in [0.5, 0.6) is 11.6 Å². The number of rotatable bonds is 5. The second-order valence-electron chi connectivity index (χ2n) is 10.2. The predicted molar refractivity (Wildman–Crippen MR) is 132 cm³/mol. The van der Waals surface area contributed by atoms with Crippen LogP contribution < -0.4 is 4.74 Å². The minimum atomic E-state index is -2.47. The molecule has 0 unspecified atom stereocenters. The summed E-state index contributed by atoms with van der Waals surface area (Å²) in [6.45, 7) is 3.74. The molecule has 0 fully saturated rings. The minimum absolute atomic E-state index is 0.00351. The molecule has 0 radical (unpaired) electrons. The number of benzene rings is 1.